The molecule has 2 atom stereocenters. The number of aliphatic imine (C=N–C) groups is 1. The molecule has 0 aliphatic carbocycles. The van der Waals surface area contributed by atoms with Crippen molar-refractivity contribution in [1.29, 1.82) is 0 Å². The summed E-state index contributed by atoms with van der Waals surface area (Å²) in [7, 11) is 0. The molecule has 2 aliphatic heterocycles. The first-order valence-corrected chi connectivity index (χ1v) is 12.5. The van der Waals surface area contributed by atoms with Crippen LogP contribution in [0.15, 0.2) is 46.8 Å². The lowest BCUT2D eigenvalue weighted by molar-refractivity contribution is -0.121. The summed E-state index contributed by atoms with van der Waals surface area (Å²) >= 11 is 2.97. The summed E-state index contributed by atoms with van der Waals surface area (Å²) in [6.45, 7) is 3.77. The number of hydrogen-bond donors (Lipinski definition) is 2. The molecule has 0 unspecified atom stereocenters. The van der Waals surface area contributed by atoms with E-state index in [0.29, 0.717) is 11.3 Å². The van der Waals surface area contributed by atoms with E-state index in [1.165, 1.54) is 18.2 Å². The van der Waals surface area contributed by atoms with Gasteiger partial charge < -0.3 is 15.5 Å². The topological polar surface area (TPSA) is 90.9 Å². The lowest BCUT2D eigenvalue weighted by atomic mass is 10.1. The summed E-state index contributed by atoms with van der Waals surface area (Å²) in [5.41, 5.74) is 0.993. The minimum atomic E-state index is -0.495. The summed E-state index contributed by atoms with van der Waals surface area (Å²) < 4.78 is 0. The molecule has 3 amide bonds. The van der Waals surface area contributed by atoms with Gasteiger partial charge in [-0.3, -0.25) is 14.4 Å². The molecule has 9 heteroatoms. The van der Waals surface area contributed by atoms with E-state index in [1.54, 1.807) is 35.6 Å². The number of nitrogens with one attached hydrogen (secondary N) is 2. The predicted octanol–water partition coefficient (Wildman–Crippen LogP) is 4.05. The van der Waals surface area contributed by atoms with Crippen LogP contribution in [0.1, 0.15) is 53.9 Å². The van der Waals surface area contributed by atoms with Gasteiger partial charge in [-0.1, -0.05) is 23.9 Å². The molecular weight excluding hydrogens is 444 g/mol. The largest absolute Gasteiger partial charge is 0.351 e. The van der Waals surface area contributed by atoms with Crippen molar-refractivity contribution in [2.45, 2.75) is 43.9 Å². The summed E-state index contributed by atoms with van der Waals surface area (Å²) in [6.07, 6.45) is 3.47. The highest BCUT2D eigenvalue weighted by atomic mass is 32.2. The lowest BCUT2D eigenvalue weighted by Crippen LogP contribution is -2.33. The minimum absolute atomic E-state index is 0.0518. The maximum Gasteiger partial charge on any atom is 0.262 e. The number of benzene rings is 1. The van der Waals surface area contributed by atoms with Crippen LogP contribution in [0.5, 0.6) is 0 Å². The van der Waals surface area contributed by atoms with Crippen LogP contribution in [0.2, 0.25) is 0 Å². The van der Waals surface area contributed by atoms with Gasteiger partial charge in [-0.25, -0.2) is 0 Å². The van der Waals surface area contributed by atoms with Gasteiger partial charge >= 0.3 is 0 Å². The first-order chi connectivity index (χ1) is 15.5. The molecule has 1 fully saturated rings. The molecule has 4 rings (SSSR count). The highest BCUT2D eigenvalue weighted by molar-refractivity contribution is 8.15. The van der Waals surface area contributed by atoms with Gasteiger partial charge in [-0.15, -0.1) is 11.3 Å². The van der Waals surface area contributed by atoms with E-state index in [2.05, 4.69) is 20.5 Å². The Labute approximate surface area is 195 Å². The zero-order valence-corrected chi connectivity index (χ0v) is 19.5. The first kappa shape index (κ1) is 22.5. The van der Waals surface area contributed by atoms with Gasteiger partial charge in [0.25, 0.3) is 11.8 Å². The molecule has 0 saturated carbocycles. The van der Waals surface area contributed by atoms with Crippen LogP contribution in [0.4, 0.5) is 5.69 Å². The van der Waals surface area contributed by atoms with E-state index in [-0.39, 0.29) is 30.2 Å². The van der Waals surface area contributed by atoms with E-state index in [0.717, 1.165) is 36.0 Å². The highest BCUT2D eigenvalue weighted by Gasteiger charge is 2.33. The van der Waals surface area contributed by atoms with Crippen molar-refractivity contribution in [3.05, 3.63) is 52.2 Å². The molecule has 0 spiro atoms. The summed E-state index contributed by atoms with van der Waals surface area (Å²) in [5.74, 6) is -0.722. The number of carbonyl (C=O) groups excluding carboxylic acids is 3. The van der Waals surface area contributed by atoms with Crippen LogP contribution < -0.4 is 10.6 Å². The van der Waals surface area contributed by atoms with Gasteiger partial charge in [-0.05, 0) is 55.8 Å². The van der Waals surface area contributed by atoms with Crippen molar-refractivity contribution in [3.63, 3.8) is 0 Å². The Morgan fingerprint density at radius 3 is 2.75 bits per heavy atom. The van der Waals surface area contributed by atoms with E-state index in [9.17, 15) is 14.4 Å². The van der Waals surface area contributed by atoms with Crippen LogP contribution in [0.3, 0.4) is 0 Å². The fourth-order valence-corrected chi connectivity index (χ4v) is 5.59. The molecule has 3 heterocycles. The molecular formula is C23H26N4O3S2. The predicted molar refractivity (Wildman–Crippen MR) is 129 cm³/mol. The van der Waals surface area contributed by atoms with Crippen LogP contribution in [0, 0.1) is 0 Å². The SMILES string of the molecule is C[C@H](NC(=O)c1cccc(NC(=O)C[C@@H]2SC(N3CCCCC3)=NC2=O)c1)c1cccs1. The van der Waals surface area contributed by atoms with Gasteiger partial charge in [0.05, 0.1) is 6.04 Å². The second-order valence-electron chi connectivity index (χ2n) is 7.93. The zero-order valence-electron chi connectivity index (χ0n) is 17.9. The van der Waals surface area contributed by atoms with E-state index >= 15 is 0 Å². The van der Waals surface area contributed by atoms with Crippen molar-refractivity contribution >= 4 is 51.7 Å². The fourth-order valence-electron chi connectivity index (χ4n) is 3.74. The molecule has 2 N–H and O–H groups in total. The van der Waals surface area contributed by atoms with Crippen LogP contribution in [-0.2, 0) is 9.59 Å². The summed E-state index contributed by atoms with van der Waals surface area (Å²) in [4.78, 5) is 44.9. The molecule has 2 aliphatic rings. The normalized spacial score (nSPS) is 19.4. The summed E-state index contributed by atoms with van der Waals surface area (Å²) in [5, 5.41) is 8.00. The number of piperidine rings is 1. The second kappa shape index (κ2) is 10.3. The Balaban J connectivity index is 1.31. The third-order valence-corrected chi connectivity index (χ3v) is 7.72. The van der Waals surface area contributed by atoms with Gasteiger partial charge in [0.2, 0.25) is 5.91 Å². The number of likely N-dealkylation sites (tertiary alicyclic amines) is 1. The number of anilines is 1. The molecule has 2 aromatic rings. The molecule has 7 nitrogen and oxygen atoms in total. The average molecular weight is 471 g/mol. The summed E-state index contributed by atoms with van der Waals surface area (Å²) in [6, 6.07) is 10.7. The van der Waals surface area contributed by atoms with E-state index in [4.69, 9.17) is 0 Å². The standard InChI is InChI=1S/C23H26N4O3S2/c1-15(18-9-6-12-31-18)24-21(29)16-7-5-8-17(13-16)25-20(28)14-19-22(30)26-23(32-19)27-10-3-2-4-11-27/h5-9,12-13,15,19H,2-4,10-11,14H2,1H3,(H,24,29)(H,25,28)/t15-,19-/m0/s1. The Kier molecular flexibility index (Phi) is 7.26. The second-order valence-corrected chi connectivity index (χ2v) is 10.1. The molecule has 168 valence electrons. The third-order valence-electron chi connectivity index (χ3n) is 5.45. The number of rotatable bonds is 6. The minimum Gasteiger partial charge on any atom is -0.351 e. The number of carbonyl (C=O) groups is 3. The number of hydrogen-bond acceptors (Lipinski definition) is 6. The van der Waals surface area contributed by atoms with Crippen molar-refractivity contribution in [2.24, 2.45) is 4.99 Å². The van der Waals surface area contributed by atoms with Crippen molar-refractivity contribution < 1.29 is 14.4 Å². The van der Waals surface area contributed by atoms with Crippen LogP contribution >= 0.6 is 23.1 Å². The maximum absolute atomic E-state index is 12.6. The quantitative estimate of drug-likeness (QED) is 0.665. The van der Waals surface area contributed by atoms with Crippen molar-refractivity contribution in [1.82, 2.24) is 10.2 Å². The Morgan fingerprint density at radius 1 is 1.19 bits per heavy atom. The van der Waals surface area contributed by atoms with E-state index in [1.807, 2.05) is 24.4 Å². The zero-order chi connectivity index (χ0) is 22.5. The number of amides is 3. The molecule has 32 heavy (non-hydrogen) atoms. The Morgan fingerprint density at radius 2 is 2.00 bits per heavy atom. The number of nitrogens with zero attached hydrogens (tertiary/aromatic N) is 2. The number of amidine groups is 1. The molecule has 1 aromatic heterocycles. The fraction of sp³-hybridized carbons (Fsp3) is 0.391. The molecule has 0 bridgehead atoms. The monoisotopic (exact) mass is 470 g/mol. The van der Waals surface area contributed by atoms with Gasteiger partial charge in [0, 0.05) is 35.6 Å². The van der Waals surface area contributed by atoms with Crippen LogP contribution in [0.25, 0.3) is 0 Å². The third kappa shape index (κ3) is 5.58. The first-order valence-electron chi connectivity index (χ1n) is 10.8. The Hall–Kier alpha value is -2.65. The van der Waals surface area contributed by atoms with E-state index < -0.39 is 5.25 Å². The van der Waals surface area contributed by atoms with Crippen molar-refractivity contribution in [2.75, 3.05) is 18.4 Å². The smallest absolute Gasteiger partial charge is 0.262 e. The molecule has 0 radical (unpaired) electrons. The van der Waals surface area contributed by atoms with Gasteiger partial charge in [-0.2, -0.15) is 4.99 Å². The molecule has 1 aromatic carbocycles. The number of thioether (sulfide) groups is 1. The highest BCUT2D eigenvalue weighted by Crippen LogP contribution is 2.29. The van der Waals surface area contributed by atoms with Crippen LogP contribution in [-0.4, -0.2) is 46.1 Å². The molecule has 1 saturated heterocycles. The Bertz CT molecular complexity index is 1020. The number of thiophene rings is 1. The maximum atomic E-state index is 12.6. The van der Waals surface area contributed by atoms with Gasteiger partial charge in [0.1, 0.15) is 5.25 Å². The lowest BCUT2D eigenvalue weighted by Gasteiger charge is -2.27. The van der Waals surface area contributed by atoms with Gasteiger partial charge in [0.15, 0.2) is 5.17 Å². The van der Waals surface area contributed by atoms with Crippen molar-refractivity contribution in [3.8, 4) is 0 Å². The average Bonchev–Trinajstić information content (AvgIpc) is 3.45.